The number of H-pyrrole nitrogens is 1. The molecule has 0 saturated carbocycles. The lowest BCUT2D eigenvalue weighted by molar-refractivity contribution is -0.139. The molecule has 0 aliphatic rings. The van der Waals surface area contributed by atoms with Gasteiger partial charge in [-0.05, 0) is 33.0 Å². The summed E-state index contributed by atoms with van der Waals surface area (Å²) >= 11 is 1.10. The van der Waals surface area contributed by atoms with Crippen LogP contribution < -0.4 is 10.9 Å². The zero-order valence-electron chi connectivity index (χ0n) is 14.7. The van der Waals surface area contributed by atoms with E-state index in [1.165, 1.54) is 0 Å². The zero-order chi connectivity index (χ0) is 18.7. The molecule has 8 nitrogen and oxygen atoms in total. The SMILES string of the molecule is CCCC(NC(=O)c1sc2nc(CN(C)C)[nH]c(=O)c2c1C)C(=O)O. The van der Waals surface area contributed by atoms with Crippen molar-refractivity contribution in [3.8, 4) is 0 Å². The van der Waals surface area contributed by atoms with Crippen molar-refractivity contribution < 1.29 is 14.7 Å². The Bertz CT molecular complexity index is 856. The lowest BCUT2D eigenvalue weighted by Crippen LogP contribution is -2.40. The average Bonchev–Trinajstić information content (AvgIpc) is 2.83. The van der Waals surface area contributed by atoms with E-state index >= 15 is 0 Å². The number of amides is 1. The van der Waals surface area contributed by atoms with Gasteiger partial charge in [-0.1, -0.05) is 13.3 Å². The van der Waals surface area contributed by atoms with E-state index in [-0.39, 0.29) is 5.56 Å². The molecule has 25 heavy (non-hydrogen) atoms. The van der Waals surface area contributed by atoms with Crippen molar-refractivity contribution in [2.45, 2.75) is 39.3 Å². The number of carbonyl (C=O) groups excluding carboxylic acids is 1. The third-order valence-corrected chi connectivity index (χ3v) is 4.89. The highest BCUT2D eigenvalue weighted by Gasteiger charge is 2.24. The van der Waals surface area contributed by atoms with Gasteiger partial charge in [0.1, 0.15) is 16.7 Å². The van der Waals surface area contributed by atoms with Crippen LogP contribution in [0, 0.1) is 6.92 Å². The predicted octanol–water partition coefficient (Wildman–Crippen LogP) is 1.34. The zero-order valence-corrected chi connectivity index (χ0v) is 15.5. The third-order valence-electron chi connectivity index (χ3n) is 3.70. The number of aromatic nitrogens is 2. The summed E-state index contributed by atoms with van der Waals surface area (Å²) in [6, 6.07) is -0.947. The molecule has 0 radical (unpaired) electrons. The highest BCUT2D eigenvalue weighted by atomic mass is 32.1. The molecule has 3 N–H and O–H groups in total. The van der Waals surface area contributed by atoms with E-state index in [0.717, 1.165) is 11.3 Å². The highest BCUT2D eigenvalue weighted by Crippen LogP contribution is 2.27. The van der Waals surface area contributed by atoms with E-state index in [2.05, 4.69) is 15.3 Å². The van der Waals surface area contributed by atoms with Crippen LogP contribution in [0.4, 0.5) is 0 Å². The Kier molecular flexibility index (Phi) is 5.91. The molecular formula is C16H22N4O4S. The van der Waals surface area contributed by atoms with Crippen molar-refractivity contribution in [1.82, 2.24) is 20.2 Å². The van der Waals surface area contributed by atoms with Crippen LogP contribution in [0.1, 0.15) is 40.8 Å². The van der Waals surface area contributed by atoms with E-state index < -0.39 is 17.9 Å². The van der Waals surface area contributed by atoms with Gasteiger partial charge in [0.25, 0.3) is 11.5 Å². The number of thiophene rings is 1. The van der Waals surface area contributed by atoms with Crippen molar-refractivity contribution in [2.75, 3.05) is 14.1 Å². The van der Waals surface area contributed by atoms with E-state index in [0.29, 0.717) is 45.9 Å². The molecule has 0 aromatic carbocycles. The van der Waals surface area contributed by atoms with Crippen LogP contribution in [-0.4, -0.2) is 52.0 Å². The van der Waals surface area contributed by atoms with Crippen LogP contribution in [0.5, 0.6) is 0 Å². The van der Waals surface area contributed by atoms with Gasteiger partial charge in [-0.15, -0.1) is 11.3 Å². The first kappa shape index (κ1) is 19.1. The first-order valence-electron chi connectivity index (χ1n) is 7.95. The van der Waals surface area contributed by atoms with Gasteiger partial charge >= 0.3 is 5.97 Å². The average molecular weight is 366 g/mol. The second-order valence-corrected chi connectivity index (χ2v) is 7.14. The number of carboxylic acid groups (broad SMARTS) is 1. The van der Waals surface area contributed by atoms with Gasteiger partial charge < -0.3 is 20.3 Å². The number of aliphatic carboxylic acids is 1. The summed E-state index contributed by atoms with van der Waals surface area (Å²) in [6.45, 7) is 4.00. The summed E-state index contributed by atoms with van der Waals surface area (Å²) in [5.74, 6) is -1.04. The molecule has 1 atom stereocenters. The van der Waals surface area contributed by atoms with Crippen LogP contribution in [0.2, 0.25) is 0 Å². The molecule has 0 bridgehead atoms. The number of aryl methyl sites for hydroxylation is 1. The Balaban J connectivity index is 2.40. The summed E-state index contributed by atoms with van der Waals surface area (Å²) in [7, 11) is 3.73. The van der Waals surface area contributed by atoms with Gasteiger partial charge in [-0.3, -0.25) is 9.59 Å². The van der Waals surface area contributed by atoms with Gasteiger partial charge in [-0.2, -0.15) is 0 Å². The third kappa shape index (κ3) is 4.23. The molecule has 2 heterocycles. The lowest BCUT2D eigenvalue weighted by Gasteiger charge is -2.12. The number of aromatic amines is 1. The molecule has 0 spiro atoms. The minimum Gasteiger partial charge on any atom is -0.480 e. The molecule has 0 fully saturated rings. The van der Waals surface area contributed by atoms with Gasteiger partial charge in [-0.25, -0.2) is 9.78 Å². The number of carbonyl (C=O) groups is 2. The molecule has 0 saturated heterocycles. The highest BCUT2D eigenvalue weighted by molar-refractivity contribution is 7.20. The molecule has 1 unspecified atom stereocenters. The number of carboxylic acids is 1. The van der Waals surface area contributed by atoms with Gasteiger partial charge in [0.05, 0.1) is 16.8 Å². The number of nitrogens with zero attached hydrogens (tertiary/aromatic N) is 2. The molecule has 136 valence electrons. The second kappa shape index (κ2) is 7.75. The van der Waals surface area contributed by atoms with Crippen molar-refractivity contribution >= 4 is 33.4 Å². The topological polar surface area (TPSA) is 115 Å². The van der Waals surface area contributed by atoms with Gasteiger partial charge in [0.2, 0.25) is 0 Å². The summed E-state index contributed by atoms with van der Waals surface area (Å²) in [4.78, 5) is 45.9. The second-order valence-electron chi connectivity index (χ2n) is 6.14. The number of rotatable bonds is 7. The molecule has 2 aromatic rings. The van der Waals surface area contributed by atoms with Crippen LogP contribution in [0.3, 0.4) is 0 Å². The molecule has 9 heteroatoms. The number of nitrogens with one attached hydrogen (secondary N) is 2. The molecule has 2 aromatic heterocycles. The molecule has 1 amide bonds. The molecule has 0 aliphatic heterocycles. The number of fused-ring (bicyclic) bond motifs is 1. The quantitative estimate of drug-likeness (QED) is 0.681. The largest absolute Gasteiger partial charge is 0.480 e. The van der Waals surface area contributed by atoms with E-state index in [9.17, 15) is 19.5 Å². The smallest absolute Gasteiger partial charge is 0.326 e. The Morgan fingerprint density at radius 2 is 2.08 bits per heavy atom. The normalized spacial score (nSPS) is 12.5. The lowest BCUT2D eigenvalue weighted by atomic mass is 10.1. The maximum atomic E-state index is 12.5. The van der Waals surface area contributed by atoms with Crippen molar-refractivity contribution in [1.29, 1.82) is 0 Å². The van der Waals surface area contributed by atoms with Crippen LogP contribution in [0.15, 0.2) is 4.79 Å². The monoisotopic (exact) mass is 366 g/mol. The van der Waals surface area contributed by atoms with Crippen molar-refractivity contribution in [2.24, 2.45) is 0 Å². The first-order chi connectivity index (χ1) is 11.7. The standard InChI is InChI=1S/C16H22N4O4S/c1-5-6-9(16(23)24)17-14(22)12-8(2)11-13(21)18-10(7-20(3)4)19-15(11)25-12/h9H,5-7H2,1-4H3,(H,17,22)(H,23,24)(H,18,19,21). The Morgan fingerprint density at radius 3 is 2.64 bits per heavy atom. The number of hydrogen-bond acceptors (Lipinski definition) is 6. The fourth-order valence-electron chi connectivity index (χ4n) is 2.55. The predicted molar refractivity (Wildman–Crippen MR) is 96.2 cm³/mol. The Hall–Kier alpha value is -2.26. The summed E-state index contributed by atoms with van der Waals surface area (Å²) < 4.78 is 0. The van der Waals surface area contributed by atoms with Gasteiger partial charge in [0, 0.05) is 0 Å². The van der Waals surface area contributed by atoms with E-state index in [1.54, 1.807) is 6.92 Å². The molecular weight excluding hydrogens is 344 g/mol. The van der Waals surface area contributed by atoms with E-state index in [4.69, 9.17) is 0 Å². The summed E-state index contributed by atoms with van der Waals surface area (Å²) in [5, 5.41) is 12.1. The maximum absolute atomic E-state index is 12.5. The molecule has 0 aliphatic carbocycles. The van der Waals surface area contributed by atoms with Crippen LogP contribution in [-0.2, 0) is 11.3 Å². The van der Waals surface area contributed by atoms with Crippen LogP contribution >= 0.6 is 11.3 Å². The maximum Gasteiger partial charge on any atom is 0.326 e. The minimum atomic E-state index is -1.07. The summed E-state index contributed by atoms with van der Waals surface area (Å²) in [6.07, 6.45) is 0.981. The van der Waals surface area contributed by atoms with Crippen LogP contribution in [0.25, 0.3) is 10.2 Å². The summed E-state index contributed by atoms with van der Waals surface area (Å²) in [5.41, 5.74) is 0.223. The first-order valence-corrected chi connectivity index (χ1v) is 8.76. The van der Waals surface area contributed by atoms with Crippen molar-refractivity contribution in [3.63, 3.8) is 0 Å². The number of hydrogen-bond donors (Lipinski definition) is 3. The fraction of sp³-hybridized carbons (Fsp3) is 0.500. The Morgan fingerprint density at radius 1 is 1.40 bits per heavy atom. The minimum absolute atomic E-state index is 0.294. The van der Waals surface area contributed by atoms with E-state index in [1.807, 2.05) is 25.9 Å². The fourth-order valence-corrected chi connectivity index (χ4v) is 3.65. The molecule has 2 rings (SSSR count). The van der Waals surface area contributed by atoms with Gasteiger partial charge in [0.15, 0.2) is 0 Å². The Labute approximate surface area is 148 Å². The van der Waals surface area contributed by atoms with Crippen molar-refractivity contribution in [3.05, 3.63) is 26.6 Å².